The Bertz CT molecular complexity index is 1030. The predicted octanol–water partition coefficient (Wildman–Crippen LogP) is 5.67. The average molecular weight is 510 g/mol. The van der Waals surface area contributed by atoms with Crippen LogP contribution in [0.3, 0.4) is 0 Å². The van der Waals surface area contributed by atoms with Crippen LogP contribution in [0, 0.1) is 28.6 Å². The lowest BCUT2D eigenvalue weighted by Crippen LogP contribution is -2.36. The van der Waals surface area contributed by atoms with E-state index in [4.69, 9.17) is 4.74 Å². The van der Waals surface area contributed by atoms with Crippen molar-refractivity contribution >= 4 is 5.90 Å². The third-order valence-corrected chi connectivity index (χ3v) is 10.3. The van der Waals surface area contributed by atoms with Gasteiger partial charge in [0.25, 0.3) is 0 Å². The topological polar surface area (TPSA) is 82.3 Å². The van der Waals surface area contributed by atoms with Gasteiger partial charge in [-0.2, -0.15) is 0 Å². The molecule has 3 N–H and O–H groups in total. The van der Waals surface area contributed by atoms with Crippen molar-refractivity contribution in [2.75, 3.05) is 6.54 Å². The molecule has 37 heavy (non-hydrogen) atoms. The number of hydrogen-bond donors (Lipinski definition) is 3. The number of aliphatic hydroxyl groups is 3. The van der Waals surface area contributed by atoms with Crippen molar-refractivity contribution in [3.05, 3.63) is 47.6 Å². The Labute approximate surface area is 223 Å². The van der Waals surface area contributed by atoms with Gasteiger partial charge in [-0.05, 0) is 99.5 Å². The molecule has 5 heteroatoms. The summed E-state index contributed by atoms with van der Waals surface area (Å²) < 4.78 is 6.10. The summed E-state index contributed by atoms with van der Waals surface area (Å²) in [5.74, 6) is 2.30. The number of ether oxygens (including phenoxy) is 1. The van der Waals surface area contributed by atoms with E-state index in [0.717, 1.165) is 36.3 Å². The summed E-state index contributed by atoms with van der Waals surface area (Å²) in [6.45, 7) is 13.7. The molecule has 0 aromatic rings. The van der Waals surface area contributed by atoms with Crippen LogP contribution < -0.4 is 0 Å². The van der Waals surface area contributed by atoms with Gasteiger partial charge in [0.2, 0.25) is 0 Å². The largest absolute Gasteiger partial charge is 0.473 e. The molecule has 0 radical (unpaired) electrons. The molecule has 0 spiro atoms. The monoisotopic (exact) mass is 509 g/mol. The van der Waals surface area contributed by atoms with E-state index in [0.29, 0.717) is 37.1 Å². The summed E-state index contributed by atoms with van der Waals surface area (Å²) in [4.78, 5) is 4.64. The molecular weight excluding hydrogens is 462 g/mol. The fraction of sp³-hybridized carbons (Fsp3) is 0.719. The first-order chi connectivity index (χ1) is 17.4. The Morgan fingerprint density at radius 1 is 1.08 bits per heavy atom. The molecule has 5 rings (SSSR count). The van der Waals surface area contributed by atoms with Crippen molar-refractivity contribution in [3.8, 4) is 0 Å². The first-order valence-electron chi connectivity index (χ1n) is 14.5. The summed E-state index contributed by atoms with van der Waals surface area (Å²) in [6.07, 6.45) is 15.8. The summed E-state index contributed by atoms with van der Waals surface area (Å²) in [5, 5.41) is 31.5. The standard InChI is InChI=1S/C32H47NO4/c1-20(8-13-28(36)32(15-16-32)29-33-19-30(3,4)37-29)25-11-12-26-22(7-6-14-31(25,26)5)9-10-23-17-24(34)18-27(35)21(23)2/h8-10,13,20,24-28,34-36H,2,6-7,11-12,14-19H2,1,3-5H3/t20-,24-,25-,26+,27+,28-,31-/m1/s1. The fourth-order valence-corrected chi connectivity index (χ4v) is 7.83. The Hall–Kier alpha value is -1.69. The average Bonchev–Trinajstić information content (AvgIpc) is 3.45. The Balaban J connectivity index is 1.27. The molecule has 5 nitrogen and oxygen atoms in total. The molecule has 4 fully saturated rings. The number of hydrogen-bond acceptors (Lipinski definition) is 5. The van der Waals surface area contributed by atoms with E-state index < -0.39 is 18.3 Å². The van der Waals surface area contributed by atoms with Crippen LogP contribution in [0.4, 0.5) is 0 Å². The molecule has 4 saturated carbocycles. The number of fused-ring (bicyclic) bond motifs is 1. The molecule has 1 heterocycles. The first kappa shape index (κ1) is 26.9. The molecule has 0 bridgehead atoms. The summed E-state index contributed by atoms with van der Waals surface area (Å²) in [6, 6.07) is 0. The van der Waals surface area contributed by atoms with Crippen molar-refractivity contribution < 1.29 is 20.1 Å². The van der Waals surface area contributed by atoms with Crippen LogP contribution in [0.5, 0.6) is 0 Å². The Morgan fingerprint density at radius 2 is 1.84 bits per heavy atom. The molecule has 0 aromatic heterocycles. The molecule has 5 aliphatic rings. The second-order valence-electron chi connectivity index (χ2n) is 13.5. The first-order valence-corrected chi connectivity index (χ1v) is 14.5. The minimum atomic E-state index is -0.641. The van der Waals surface area contributed by atoms with E-state index in [2.05, 4.69) is 57.5 Å². The minimum Gasteiger partial charge on any atom is -0.473 e. The van der Waals surface area contributed by atoms with Gasteiger partial charge in [-0.25, -0.2) is 0 Å². The van der Waals surface area contributed by atoms with Crippen LogP contribution in [0.25, 0.3) is 0 Å². The smallest absolute Gasteiger partial charge is 0.193 e. The highest BCUT2D eigenvalue weighted by molar-refractivity contribution is 5.88. The van der Waals surface area contributed by atoms with E-state index in [1.54, 1.807) is 0 Å². The van der Waals surface area contributed by atoms with Gasteiger partial charge in [0.1, 0.15) is 5.60 Å². The lowest BCUT2D eigenvalue weighted by Gasteiger charge is -2.44. The van der Waals surface area contributed by atoms with E-state index in [9.17, 15) is 15.3 Å². The number of aliphatic imine (C=N–C) groups is 1. The normalized spacial score (nSPS) is 40.5. The highest BCUT2D eigenvalue weighted by Gasteiger charge is 2.57. The van der Waals surface area contributed by atoms with Crippen LogP contribution in [0.15, 0.2) is 52.6 Å². The number of allylic oxidation sites excluding steroid dienone is 4. The van der Waals surface area contributed by atoms with E-state index in [1.807, 2.05) is 6.08 Å². The zero-order valence-corrected chi connectivity index (χ0v) is 23.2. The molecule has 7 atom stereocenters. The van der Waals surface area contributed by atoms with E-state index in [1.165, 1.54) is 31.3 Å². The van der Waals surface area contributed by atoms with Crippen molar-refractivity contribution in [1.82, 2.24) is 0 Å². The molecule has 0 saturated heterocycles. The third kappa shape index (κ3) is 5.04. The third-order valence-electron chi connectivity index (χ3n) is 10.3. The van der Waals surface area contributed by atoms with E-state index >= 15 is 0 Å². The van der Waals surface area contributed by atoms with Crippen LogP contribution in [0.2, 0.25) is 0 Å². The van der Waals surface area contributed by atoms with Crippen LogP contribution in [-0.2, 0) is 4.74 Å². The lowest BCUT2D eigenvalue weighted by molar-refractivity contribution is 0.0862. The van der Waals surface area contributed by atoms with Crippen molar-refractivity contribution in [2.24, 2.45) is 33.6 Å². The summed E-state index contributed by atoms with van der Waals surface area (Å²) in [7, 11) is 0. The van der Waals surface area contributed by atoms with Crippen LogP contribution in [0.1, 0.15) is 85.5 Å². The van der Waals surface area contributed by atoms with Gasteiger partial charge < -0.3 is 20.1 Å². The summed E-state index contributed by atoms with van der Waals surface area (Å²) in [5.41, 5.74) is 2.93. The van der Waals surface area contributed by atoms with E-state index in [-0.39, 0.29) is 16.4 Å². The number of nitrogens with zero attached hydrogens (tertiary/aromatic N) is 1. The maximum atomic E-state index is 11.1. The molecule has 0 amide bonds. The molecule has 0 unspecified atom stereocenters. The molecular formula is C32H47NO4. The van der Waals surface area contributed by atoms with Gasteiger partial charge in [0, 0.05) is 6.42 Å². The van der Waals surface area contributed by atoms with Gasteiger partial charge in [0.15, 0.2) is 5.90 Å². The Kier molecular flexibility index (Phi) is 7.13. The van der Waals surface area contributed by atoms with Gasteiger partial charge in [-0.15, -0.1) is 0 Å². The maximum Gasteiger partial charge on any atom is 0.193 e. The van der Waals surface area contributed by atoms with Crippen molar-refractivity contribution in [3.63, 3.8) is 0 Å². The Morgan fingerprint density at radius 3 is 2.51 bits per heavy atom. The van der Waals surface area contributed by atoms with Crippen molar-refractivity contribution in [2.45, 2.75) is 109 Å². The minimum absolute atomic E-state index is 0.250. The molecule has 0 aromatic carbocycles. The zero-order valence-electron chi connectivity index (χ0n) is 23.2. The highest BCUT2D eigenvalue weighted by atomic mass is 16.5. The number of aliphatic hydroxyl groups excluding tert-OH is 3. The second kappa shape index (κ2) is 9.81. The van der Waals surface area contributed by atoms with Gasteiger partial charge >= 0.3 is 0 Å². The number of rotatable bonds is 6. The quantitative estimate of drug-likeness (QED) is 0.403. The highest BCUT2D eigenvalue weighted by Crippen LogP contribution is 2.60. The van der Waals surface area contributed by atoms with Crippen molar-refractivity contribution in [1.29, 1.82) is 0 Å². The zero-order chi connectivity index (χ0) is 26.6. The second-order valence-corrected chi connectivity index (χ2v) is 13.5. The molecule has 204 valence electrons. The predicted molar refractivity (Wildman–Crippen MR) is 148 cm³/mol. The van der Waals surface area contributed by atoms with Crippen LogP contribution >= 0.6 is 0 Å². The maximum absolute atomic E-state index is 11.1. The fourth-order valence-electron chi connectivity index (χ4n) is 7.83. The van der Waals surface area contributed by atoms with Gasteiger partial charge in [0.05, 0.1) is 30.3 Å². The van der Waals surface area contributed by atoms with Crippen LogP contribution in [-0.4, -0.2) is 51.7 Å². The van der Waals surface area contributed by atoms with Gasteiger partial charge in [-0.1, -0.05) is 50.3 Å². The summed E-state index contributed by atoms with van der Waals surface area (Å²) >= 11 is 0. The molecule has 1 aliphatic heterocycles. The van der Waals surface area contributed by atoms with Gasteiger partial charge in [-0.3, -0.25) is 4.99 Å². The molecule has 4 aliphatic carbocycles. The SMILES string of the molecule is C=C1C(=CC=C2CCC[C@]3(C)[C@@H]([C@H](C)C=C[C@@H](O)C4(C5=NCC(C)(C)O5)CC4)CC[C@@H]23)C[C@@H](O)C[C@@H]1O. The lowest BCUT2D eigenvalue weighted by atomic mass is 9.61.